The van der Waals surface area contributed by atoms with Crippen LogP contribution in [0.2, 0.25) is 0 Å². The number of carbonyl (C=O) groups excluding carboxylic acids is 2. The first kappa shape index (κ1) is 19.9. The third-order valence-corrected chi connectivity index (χ3v) is 4.44. The van der Waals surface area contributed by atoms with Crippen molar-refractivity contribution in [3.63, 3.8) is 0 Å². The molecule has 0 fully saturated rings. The Morgan fingerprint density at radius 2 is 1.24 bits per heavy atom. The van der Waals surface area contributed by atoms with Gasteiger partial charge >= 0.3 is 0 Å². The first-order valence-corrected chi connectivity index (χ1v) is 9.03. The van der Waals surface area contributed by atoms with E-state index in [-0.39, 0.29) is 11.8 Å². The second-order valence-corrected chi connectivity index (χ2v) is 6.34. The standard InChI is InChI=1S/C23H22N2O4/c1-15-9-7-8-12-17(15)23(27)25-19-14-20(28-2)18(13-21(19)29-3)24-22(26)16-10-5-4-6-11-16/h4-14H,1-3H3,(H,24,26)(H,25,27). The molecule has 0 heterocycles. The van der Waals surface area contributed by atoms with E-state index in [0.29, 0.717) is 34.0 Å². The molecule has 3 aromatic carbocycles. The molecule has 148 valence electrons. The summed E-state index contributed by atoms with van der Waals surface area (Å²) in [7, 11) is 2.99. The van der Waals surface area contributed by atoms with Crippen molar-refractivity contribution < 1.29 is 19.1 Å². The minimum Gasteiger partial charge on any atom is -0.494 e. The van der Waals surface area contributed by atoms with Crippen molar-refractivity contribution >= 4 is 23.2 Å². The lowest BCUT2D eigenvalue weighted by molar-refractivity contribution is 0.101. The number of carbonyl (C=O) groups is 2. The number of methoxy groups -OCH3 is 2. The monoisotopic (exact) mass is 390 g/mol. The van der Waals surface area contributed by atoms with Gasteiger partial charge in [-0.05, 0) is 30.7 Å². The minimum atomic E-state index is -0.275. The smallest absolute Gasteiger partial charge is 0.256 e. The number of nitrogens with one attached hydrogen (secondary N) is 2. The first-order chi connectivity index (χ1) is 14.0. The topological polar surface area (TPSA) is 76.7 Å². The summed E-state index contributed by atoms with van der Waals surface area (Å²) in [6.45, 7) is 1.87. The molecule has 29 heavy (non-hydrogen) atoms. The maximum atomic E-state index is 12.7. The van der Waals surface area contributed by atoms with Gasteiger partial charge in [0.25, 0.3) is 11.8 Å². The van der Waals surface area contributed by atoms with Gasteiger partial charge in [-0.2, -0.15) is 0 Å². The first-order valence-electron chi connectivity index (χ1n) is 9.03. The molecule has 3 rings (SSSR count). The second-order valence-electron chi connectivity index (χ2n) is 6.34. The van der Waals surface area contributed by atoms with E-state index in [0.717, 1.165) is 5.56 Å². The van der Waals surface area contributed by atoms with Crippen molar-refractivity contribution in [3.05, 3.63) is 83.4 Å². The molecule has 0 spiro atoms. The van der Waals surface area contributed by atoms with E-state index in [1.54, 1.807) is 42.5 Å². The fourth-order valence-electron chi connectivity index (χ4n) is 2.89. The summed E-state index contributed by atoms with van der Waals surface area (Å²) in [5.74, 6) is 0.262. The predicted molar refractivity (Wildman–Crippen MR) is 113 cm³/mol. The summed E-state index contributed by atoms with van der Waals surface area (Å²) < 4.78 is 10.8. The zero-order chi connectivity index (χ0) is 20.8. The van der Waals surface area contributed by atoms with Crippen molar-refractivity contribution in [3.8, 4) is 11.5 Å². The van der Waals surface area contributed by atoms with Crippen LogP contribution in [-0.2, 0) is 0 Å². The van der Waals surface area contributed by atoms with Gasteiger partial charge in [0.1, 0.15) is 11.5 Å². The molecule has 0 atom stereocenters. The van der Waals surface area contributed by atoms with Crippen LogP contribution in [0.25, 0.3) is 0 Å². The van der Waals surface area contributed by atoms with Crippen LogP contribution in [-0.4, -0.2) is 26.0 Å². The lowest BCUT2D eigenvalue weighted by Gasteiger charge is -2.16. The molecule has 2 amide bonds. The zero-order valence-electron chi connectivity index (χ0n) is 16.5. The van der Waals surface area contributed by atoms with Crippen LogP contribution in [0.5, 0.6) is 11.5 Å². The Kier molecular flexibility index (Phi) is 6.14. The van der Waals surface area contributed by atoms with Crippen LogP contribution in [0.1, 0.15) is 26.3 Å². The van der Waals surface area contributed by atoms with E-state index in [1.165, 1.54) is 14.2 Å². The van der Waals surface area contributed by atoms with Crippen molar-refractivity contribution in [1.82, 2.24) is 0 Å². The Morgan fingerprint density at radius 3 is 1.79 bits per heavy atom. The highest BCUT2D eigenvalue weighted by Crippen LogP contribution is 2.37. The van der Waals surface area contributed by atoms with Gasteiger partial charge in [-0.1, -0.05) is 36.4 Å². The van der Waals surface area contributed by atoms with E-state index in [4.69, 9.17) is 9.47 Å². The van der Waals surface area contributed by atoms with Crippen LogP contribution in [0.4, 0.5) is 11.4 Å². The highest BCUT2D eigenvalue weighted by Gasteiger charge is 2.17. The number of anilines is 2. The normalized spacial score (nSPS) is 10.2. The molecule has 0 aliphatic rings. The van der Waals surface area contributed by atoms with E-state index in [2.05, 4.69) is 10.6 Å². The molecule has 0 aliphatic carbocycles. The van der Waals surface area contributed by atoms with E-state index < -0.39 is 0 Å². The van der Waals surface area contributed by atoms with Gasteiger partial charge in [0.05, 0.1) is 25.6 Å². The predicted octanol–water partition coefficient (Wildman–Crippen LogP) is 4.52. The van der Waals surface area contributed by atoms with Gasteiger partial charge in [0.15, 0.2) is 0 Å². The van der Waals surface area contributed by atoms with E-state index in [9.17, 15) is 9.59 Å². The summed E-state index contributed by atoms with van der Waals surface area (Å²) in [4.78, 5) is 25.2. The van der Waals surface area contributed by atoms with Gasteiger partial charge in [0, 0.05) is 23.3 Å². The Hall–Kier alpha value is -3.80. The Morgan fingerprint density at radius 1 is 0.724 bits per heavy atom. The van der Waals surface area contributed by atoms with Gasteiger partial charge < -0.3 is 20.1 Å². The quantitative estimate of drug-likeness (QED) is 0.649. The average Bonchev–Trinajstić information content (AvgIpc) is 2.75. The molecular weight excluding hydrogens is 368 g/mol. The third-order valence-electron chi connectivity index (χ3n) is 4.44. The van der Waals surface area contributed by atoms with E-state index in [1.807, 2.05) is 31.2 Å². The summed E-state index contributed by atoms with van der Waals surface area (Å²) in [6, 6.07) is 19.4. The van der Waals surface area contributed by atoms with Crippen molar-refractivity contribution in [2.45, 2.75) is 6.92 Å². The molecule has 6 nitrogen and oxygen atoms in total. The van der Waals surface area contributed by atoms with Crippen molar-refractivity contribution in [1.29, 1.82) is 0 Å². The molecule has 0 radical (unpaired) electrons. The van der Waals surface area contributed by atoms with Gasteiger partial charge in [-0.3, -0.25) is 9.59 Å². The van der Waals surface area contributed by atoms with Crippen LogP contribution in [0, 0.1) is 6.92 Å². The molecule has 0 aliphatic heterocycles. The third kappa shape index (κ3) is 4.55. The SMILES string of the molecule is COc1cc(NC(=O)c2ccccc2C)c(OC)cc1NC(=O)c1ccccc1. The largest absolute Gasteiger partial charge is 0.494 e. The van der Waals surface area contributed by atoms with Crippen LogP contribution in [0.3, 0.4) is 0 Å². The second kappa shape index (κ2) is 8.93. The van der Waals surface area contributed by atoms with Crippen LogP contribution < -0.4 is 20.1 Å². The summed E-state index contributed by atoms with van der Waals surface area (Å²) >= 11 is 0. The van der Waals surface area contributed by atoms with Gasteiger partial charge in [-0.25, -0.2) is 0 Å². The minimum absolute atomic E-state index is 0.260. The zero-order valence-corrected chi connectivity index (χ0v) is 16.5. The number of hydrogen-bond donors (Lipinski definition) is 2. The highest BCUT2D eigenvalue weighted by atomic mass is 16.5. The maximum Gasteiger partial charge on any atom is 0.256 e. The summed E-state index contributed by atoms with van der Waals surface area (Å²) in [5.41, 5.74) is 2.82. The van der Waals surface area contributed by atoms with Gasteiger partial charge in [0.2, 0.25) is 0 Å². The Bertz CT molecular complexity index is 1030. The molecule has 3 aromatic rings. The molecule has 0 saturated heterocycles. The number of amides is 2. The van der Waals surface area contributed by atoms with Crippen molar-refractivity contribution in [2.24, 2.45) is 0 Å². The van der Waals surface area contributed by atoms with Gasteiger partial charge in [-0.15, -0.1) is 0 Å². The summed E-state index contributed by atoms with van der Waals surface area (Å²) in [6.07, 6.45) is 0. The molecule has 2 N–H and O–H groups in total. The van der Waals surface area contributed by atoms with Crippen LogP contribution in [0.15, 0.2) is 66.7 Å². The Labute approximate surface area is 169 Å². The number of ether oxygens (including phenoxy) is 2. The maximum absolute atomic E-state index is 12.7. The van der Waals surface area contributed by atoms with E-state index >= 15 is 0 Å². The lowest BCUT2D eigenvalue weighted by Crippen LogP contribution is -2.15. The molecule has 0 aromatic heterocycles. The number of benzene rings is 3. The average molecular weight is 390 g/mol. The number of hydrogen-bond acceptors (Lipinski definition) is 4. The summed E-state index contributed by atoms with van der Waals surface area (Å²) in [5, 5.41) is 5.67. The molecular formula is C23H22N2O4. The molecule has 6 heteroatoms. The molecule has 0 bridgehead atoms. The fourth-order valence-corrected chi connectivity index (χ4v) is 2.89. The highest BCUT2D eigenvalue weighted by molar-refractivity contribution is 6.08. The Balaban J connectivity index is 1.89. The molecule has 0 saturated carbocycles. The lowest BCUT2D eigenvalue weighted by atomic mass is 10.1. The van der Waals surface area contributed by atoms with Crippen LogP contribution >= 0.6 is 0 Å². The number of aryl methyl sites for hydroxylation is 1. The number of rotatable bonds is 6. The fraction of sp³-hybridized carbons (Fsp3) is 0.130. The van der Waals surface area contributed by atoms with Crippen molar-refractivity contribution in [2.75, 3.05) is 24.9 Å². The molecule has 0 unspecified atom stereocenters.